The van der Waals surface area contributed by atoms with E-state index in [2.05, 4.69) is 4.98 Å². The molecule has 2 unspecified atom stereocenters. The summed E-state index contributed by atoms with van der Waals surface area (Å²) in [5.74, 6) is -0.454. The third-order valence-corrected chi connectivity index (χ3v) is 4.78. The summed E-state index contributed by atoms with van der Waals surface area (Å²) in [5.41, 5.74) is -1.36. The second-order valence-corrected chi connectivity index (χ2v) is 6.79. The fourth-order valence-corrected chi connectivity index (χ4v) is 3.59. The summed E-state index contributed by atoms with van der Waals surface area (Å²) in [4.78, 5) is 15.3. The van der Waals surface area contributed by atoms with Gasteiger partial charge in [-0.15, -0.1) is 0 Å². The number of nitrogens with zero attached hydrogens (tertiary/aromatic N) is 1. The first-order valence-electron chi connectivity index (χ1n) is 7.50. The fourth-order valence-electron chi connectivity index (χ4n) is 3.46. The fraction of sp³-hybridized carbons (Fsp3) is 0.438. The molecule has 136 valence electrons. The molecule has 1 aromatic heterocycles. The third kappa shape index (κ3) is 3.07. The van der Waals surface area contributed by atoms with Crippen LogP contribution in [0.25, 0.3) is 10.9 Å². The third-order valence-electron chi connectivity index (χ3n) is 4.66. The Labute approximate surface area is 144 Å². The summed E-state index contributed by atoms with van der Waals surface area (Å²) in [6, 6.07) is 2.77. The van der Waals surface area contributed by atoms with Crippen LogP contribution < -0.4 is 10.5 Å². The van der Waals surface area contributed by atoms with Crippen molar-refractivity contribution in [3.63, 3.8) is 0 Å². The van der Waals surface area contributed by atoms with Crippen LogP contribution in [0.1, 0.15) is 30.9 Å². The summed E-state index contributed by atoms with van der Waals surface area (Å²) < 4.78 is 67.0. The number of anilines is 1. The lowest BCUT2D eigenvalue weighted by molar-refractivity contribution is -0.136. The molecule has 0 bridgehead atoms. The van der Waals surface area contributed by atoms with E-state index in [9.17, 15) is 26.7 Å². The van der Waals surface area contributed by atoms with Crippen LogP contribution in [0.2, 0.25) is 0 Å². The lowest BCUT2D eigenvalue weighted by Crippen LogP contribution is -2.38. The SMILES string of the molecule is CC1c2c(ccc3[nH]c(=O)cc(C(F)(F)F)c23)N(CC(F)(F)Cl)C1C. The van der Waals surface area contributed by atoms with Gasteiger partial charge in [0.2, 0.25) is 5.56 Å². The Kier molecular flexibility index (Phi) is 4.02. The Morgan fingerprint density at radius 2 is 1.84 bits per heavy atom. The van der Waals surface area contributed by atoms with Crippen molar-refractivity contribution in [1.29, 1.82) is 0 Å². The molecule has 2 heterocycles. The van der Waals surface area contributed by atoms with Crippen molar-refractivity contribution in [2.24, 2.45) is 0 Å². The van der Waals surface area contributed by atoms with Crippen molar-refractivity contribution < 1.29 is 22.0 Å². The summed E-state index contributed by atoms with van der Waals surface area (Å²) in [6.07, 6.45) is -4.74. The number of benzene rings is 1. The Morgan fingerprint density at radius 1 is 1.20 bits per heavy atom. The predicted octanol–water partition coefficient (Wildman–Crippen LogP) is 4.69. The maximum atomic E-state index is 13.5. The number of aromatic amines is 1. The predicted molar refractivity (Wildman–Crippen MR) is 85.6 cm³/mol. The quantitative estimate of drug-likeness (QED) is 0.606. The number of halogens is 6. The highest BCUT2D eigenvalue weighted by Gasteiger charge is 2.42. The highest BCUT2D eigenvalue weighted by atomic mass is 35.5. The molecule has 0 saturated heterocycles. The van der Waals surface area contributed by atoms with Crippen molar-refractivity contribution in [3.8, 4) is 0 Å². The maximum Gasteiger partial charge on any atom is 0.417 e. The molecule has 0 aliphatic carbocycles. The van der Waals surface area contributed by atoms with Crippen molar-refractivity contribution >= 4 is 28.2 Å². The van der Waals surface area contributed by atoms with Gasteiger partial charge in [0.05, 0.1) is 12.1 Å². The minimum absolute atomic E-state index is 0.0251. The van der Waals surface area contributed by atoms with Gasteiger partial charge in [-0.1, -0.05) is 6.92 Å². The molecule has 0 radical (unpaired) electrons. The molecule has 1 aliphatic heterocycles. The molecule has 0 fully saturated rings. The minimum Gasteiger partial charge on any atom is -0.361 e. The molecule has 3 rings (SSSR count). The van der Waals surface area contributed by atoms with Gasteiger partial charge in [-0.3, -0.25) is 4.79 Å². The van der Waals surface area contributed by atoms with Crippen LogP contribution in [-0.4, -0.2) is 23.0 Å². The normalized spacial score (nSPS) is 21.0. The van der Waals surface area contributed by atoms with Crippen LogP contribution in [0, 0.1) is 0 Å². The van der Waals surface area contributed by atoms with E-state index >= 15 is 0 Å². The van der Waals surface area contributed by atoms with Crippen LogP contribution in [0.4, 0.5) is 27.6 Å². The monoisotopic (exact) mass is 380 g/mol. The zero-order valence-electron chi connectivity index (χ0n) is 13.2. The van der Waals surface area contributed by atoms with E-state index in [1.807, 2.05) is 0 Å². The molecule has 0 saturated carbocycles. The van der Waals surface area contributed by atoms with Gasteiger partial charge in [0.1, 0.15) is 0 Å². The number of rotatable bonds is 2. The largest absolute Gasteiger partial charge is 0.417 e. The molecular weight excluding hydrogens is 367 g/mol. The van der Waals surface area contributed by atoms with Gasteiger partial charge in [-0.2, -0.15) is 22.0 Å². The van der Waals surface area contributed by atoms with Gasteiger partial charge in [0, 0.05) is 34.6 Å². The molecule has 25 heavy (non-hydrogen) atoms. The number of H-pyrrole nitrogens is 1. The summed E-state index contributed by atoms with van der Waals surface area (Å²) in [5, 5.41) is -3.67. The van der Waals surface area contributed by atoms with E-state index in [0.717, 1.165) is 0 Å². The lowest BCUT2D eigenvalue weighted by Gasteiger charge is -2.28. The summed E-state index contributed by atoms with van der Waals surface area (Å²) >= 11 is 5.03. The second kappa shape index (κ2) is 5.59. The van der Waals surface area contributed by atoms with Gasteiger partial charge >= 0.3 is 11.6 Å². The van der Waals surface area contributed by atoms with E-state index in [4.69, 9.17) is 11.6 Å². The van der Waals surface area contributed by atoms with E-state index in [1.165, 1.54) is 17.0 Å². The zero-order chi connectivity index (χ0) is 18.7. The summed E-state index contributed by atoms with van der Waals surface area (Å²) in [7, 11) is 0. The van der Waals surface area contributed by atoms with E-state index in [0.29, 0.717) is 6.07 Å². The molecule has 1 aromatic carbocycles. The highest BCUT2D eigenvalue weighted by Crippen LogP contribution is 2.48. The number of aromatic nitrogens is 1. The van der Waals surface area contributed by atoms with E-state index in [1.54, 1.807) is 13.8 Å². The van der Waals surface area contributed by atoms with Crippen LogP contribution in [0.15, 0.2) is 23.0 Å². The average Bonchev–Trinajstić information content (AvgIpc) is 2.69. The molecule has 0 spiro atoms. The van der Waals surface area contributed by atoms with Crippen LogP contribution in [-0.2, 0) is 6.18 Å². The van der Waals surface area contributed by atoms with E-state index < -0.39 is 41.2 Å². The van der Waals surface area contributed by atoms with Gasteiger partial charge in [-0.25, -0.2) is 0 Å². The smallest absolute Gasteiger partial charge is 0.361 e. The van der Waals surface area contributed by atoms with Crippen LogP contribution >= 0.6 is 11.6 Å². The molecule has 9 heteroatoms. The van der Waals surface area contributed by atoms with E-state index in [-0.39, 0.29) is 22.2 Å². The summed E-state index contributed by atoms with van der Waals surface area (Å²) in [6.45, 7) is 2.50. The topological polar surface area (TPSA) is 36.1 Å². The second-order valence-electron chi connectivity index (χ2n) is 6.24. The number of fused-ring (bicyclic) bond motifs is 3. The molecule has 0 amide bonds. The standard InChI is InChI=1S/C16H14ClF5N2O/c1-7-8(2)24(6-15(17,18)19)11-4-3-10-14(13(7)11)9(16(20,21)22)5-12(25)23-10/h3-5,7-8H,6H2,1-2H3,(H,23,25). The van der Waals surface area contributed by atoms with Crippen LogP contribution in [0.5, 0.6) is 0 Å². The molecule has 2 aromatic rings. The average molecular weight is 381 g/mol. The number of hydrogen-bond donors (Lipinski definition) is 1. The van der Waals surface area contributed by atoms with Crippen molar-refractivity contribution in [3.05, 3.63) is 39.7 Å². The van der Waals surface area contributed by atoms with Gasteiger partial charge in [-0.05, 0) is 36.2 Å². The number of alkyl halides is 6. The highest BCUT2D eigenvalue weighted by molar-refractivity contribution is 6.22. The molecule has 3 nitrogen and oxygen atoms in total. The van der Waals surface area contributed by atoms with Crippen molar-refractivity contribution in [2.45, 2.75) is 37.4 Å². The first-order chi connectivity index (χ1) is 11.4. The molecular formula is C16H14ClF5N2O. The Bertz CT molecular complexity index is 887. The lowest BCUT2D eigenvalue weighted by atomic mass is 9.92. The molecule has 1 N–H and O–H groups in total. The zero-order valence-corrected chi connectivity index (χ0v) is 14.0. The van der Waals surface area contributed by atoms with Gasteiger partial charge in [0.25, 0.3) is 0 Å². The Balaban J connectivity index is 2.33. The van der Waals surface area contributed by atoms with Crippen LogP contribution in [0.3, 0.4) is 0 Å². The maximum absolute atomic E-state index is 13.5. The van der Waals surface area contributed by atoms with Gasteiger partial charge in [0.15, 0.2) is 0 Å². The van der Waals surface area contributed by atoms with Gasteiger partial charge < -0.3 is 9.88 Å². The molecule has 2 atom stereocenters. The molecule has 1 aliphatic rings. The first kappa shape index (κ1) is 18.0. The Hall–Kier alpha value is -1.83. The van der Waals surface area contributed by atoms with Crippen molar-refractivity contribution in [2.75, 3.05) is 11.4 Å². The number of pyridine rings is 1. The van der Waals surface area contributed by atoms with Crippen molar-refractivity contribution in [1.82, 2.24) is 4.98 Å². The number of hydrogen-bond acceptors (Lipinski definition) is 2. The minimum atomic E-state index is -4.74. The Morgan fingerprint density at radius 3 is 2.40 bits per heavy atom. The number of nitrogens with one attached hydrogen (secondary N) is 1. The first-order valence-corrected chi connectivity index (χ1v) is 7.88.